The van der Waals surface area contributed by atoms with Crippen LogP contribution in [0.25, 0.3) is 16.9 Å². The average Bonchev–Trinajstić information content (AvgIpc) is 3.56. The molecule has 52 heavy (non-hydrogen) atoms. The number of nitrogens with one attached hydrogen (secondary N) is 1. The van der Waals surface area contributed by atoms with Gasteiger partial charge in [0.05, 0.1) is 38.3 Å². The Labute approximate surface area is 298 Å². The maximum Gasteiger partial charge on any atom is 0.459 e. The minimum Gasteiger partial charge on any atom is -0.468 e. The third-order valence-electron chi connectivity index (χ3n) is 9.44. The van der Waals surface area contributed by atoms with Crippen LogP contribution in [0.3, 0.4) is 0 Å². The highest BCUT2D eigenvalue weighted by molar-refractivity contribution is 7.52. The van der Waals surface area contributed by atoms with Crippen LogP contribution < -0.4 is 20.0 Å². The van der Waals surface area contributed by atoms with Gasteiger partial charge >= 0.3 is 13.7 Å². The topological polar surface area (TPSA) is 134 Å². The molecule has 0 radical (unpaired) electrons. The number of morpholine rings is 1. The van der Waals surface area contributed by atoms with Gasteiger partial charge in [-0.2, -0.15) is 5.09 Å². The summed E-state index contributed by atoms with van der Waals surface area (Å²) >= 11 is 0. The number of carbonyl (C=O) groups is 2. The Hall–Kier alpha value is -4.82. The van der Waals surface area contributed by atoms with Crippen LogP contribution in [0, 0.1) is 17.0 Å². The quantitative estimate of drug-likeness (QED) is 0.192. The van der Waals surface area contributed by atoms with Crippen molar-refractivity contribution in [2.24, 2.45) is 5.41 Å². The van der Waals surface area contributed by atoms with Crippen molar-refractivity contribution in [2.45, 2.75) is 45.9 Å². The highest BCUT2D eigenvalue weighted by atomic mass is 31.2. The fourth-order valence-corrected chi connectivity index (χ4v) is 8.85. The van der Waals surface area contributed by atoms with E-state index in [1.165, 1.54) is 28.9 Å². The second-order valence-corrected chi connectivity index (χ2v) is 15.3. The van der Waals surface area contributed by atoms with Gasteiger partial charge in [-0.05, 0) is 42.2 Å². The molecule has 274 valence electrons. The summed E-state index contributed by atoms with van der Waals surface area (Å²) in [6, 6.07) is 12.4. The molecule has 2 aromatic carbocycles. The van der Waals surface area contributed by atoms with Crippen molar-refractivity contribution in [1.29, 1.82) is 0 Å². The van der Waals surface area contributed by atoms with Crippen LogP contribution >= 0.6 is 7.75 Å². The number of methoxy groups -OCH3 is 1. The third kappa shape index (κ3) is 5.81. The molecular weight excluding hydrogens is 699 g/mol. The molecule has 7 rings (SSSR count). The number of pyridine rings is 1. The van der Waals surface area contributed by atoms with Crippen molar-refractivity contribution >= 4 is 19.6 Å². The van der Waals surface area contributed by atoms with Gasteiger partial charge in [0.2, 0.25) is 11.2 Å². The lowest BCUT2D eigenvalue weighted by molar-refractivity contribution is -0.145. The van der Waals surface area contributed by atoms with E-state index < -0.39 is 66.1 Å². The number of hydrogen-bond acceptors (Lipinski definition) is 9. The van der Waals surface area contributed by atoms with Crippen molar-refractivity contribution in [2.75, 3.05) is 38.5 Å². The van der Waals surface area contributed by atoms with E-state index in [1.54, 1.807) is 55.6 Å². The molecule has 3 aliphatic rings. The monoisotopic (exact) mass is 737 g/mol. The van der Waals surface area contributed by atoms with E-state index in [-0.39, 0.29) is 37.6 Å². The van der Waals surface area contributed by atoms with Crippen LogP contribution in [-0.4, -0.2) is 71.7 Å². The maximum absolute atomic E-state index is 16.1. The minimum atomic E-state index is -4.58. The predicted octanol–water partition coefficient (Wildman–Crippen LogP) is 5.14. The smallest absolute Gasteiger partial charge is 0.459 e. The van der Waals surface area contributed by atoms with E-state index in [0.717, 1.165) is 12.1 Å². The third-order valence-corrected chi connectivity index (χ3v) is 11.0. The summed E-state index contributed by atoms with van der Waals surface area (Å²) in [7, 11) is -3.40. The van der Waals surface area contributed by atoms with Gasteiger partial charge in [0.1, 0.15) is 18.2 Å². The number of nitrogens with zero attached hydrogens (tertiary/aromatic N) is 4. The van der Waals surface area contributed by atoms with Crippen LogP contribution in [0.4, 0.5) is 8.78 Å². The first-order valence-corrected chi connectivity index (χ1v) is 18.3. The average molecular weight is 738 g/mol. The lowest BCUT2D eigenvalue weighted by Gasteiger charge is -2.51. The largest absolute Gasteiger partial charge is 0.468 e. The molecule has 1 amide bonds. The van der Waals surface area contributed by atoms with E-state index in [9.17, 15) is 18.9 Å². The summed E-state index contributed by atoms with van der Waals surface area (Å²) in [5.74, 6) is -4.05. The van der Waals surface area contributed by atoms with E-state index in [4.69, 9.17) is 18.5 Å². The summed E-state index contributed by atoms with van der Waals surface area (Å²) in [6.45, 7) is 6.86. The van der Waals surface area contributed by atoms with Crippen LogP contribution in [-0.2, 0) is 23.4 Å². The molecule has 2 aromatic heterocycles. The minimum absolute atomic E-state index is 0.0199. The normalized spacial score (nSPS) is 19.6. The Balaban J connectivity index is 1.46. The summed E-state index contributed by atoms with van der Waals surface area (Å²) in [5, 5.41) is 4.41. The van der Waals surface area contributed by atoms with Crippen LogP contribution in [0.5, 0.6) is 5.75 Å². The van der Waals surface area contributed by atoms with E-state index in [0.29, 0.717) is 22.5 Å². The first-order valence-electron chi connectivity index (χ1n) is 16.8. The molecule has 4 atom stereocenters. The molecule has 0 bridgehead atoms. The molecule has 1 saturated heterocycles. The van der Waals surface area contributed by atoms with Gasteiger partial charge in [-0.3, -0.25) is 28.6 Å². The van der Waals surface area contributed by atoms with E-state index in [1.807, 2.05) is 24.3 Å². The fraction of sp³-hybridized carbons (Fsp3) is 0.361. The number of benzene rings is 2. The van der Waals surface area contributed by atoms with Gasteiger partial charge in [0.25, 0.3) is 5.91 Å². The van der Waals surface area contributed by atoms with Crippen molar-refractivity contribution in [3.8, 4) is 22.7 Å². The Kier molecular flexibility index (Phi) is 9.10. The van der Waals surface area contributed by atoms with Gasteiger partial charge < -0.3 is 23.5 Å². The molecule has 1 fully saturated rings. The van der Waals surface area contributed by atoms with Crippen LogP contribution in [0.2, 0.25) is 0 Å². The number of esters is 1. The molecule has 16 heteroatoms. The first-order chi connectivity index (χ1) is 24.8. The SMILES string of the molecule is CCOP(=O)(N[C@@H](C(=O)OC)C(C)(C)C)Oc1c2n(ccc1=O)N(C1c3ccccc3-n3cccc3-c3c1ccc(F)c3F)C1COCCN1C2=O. The number of carbonyl (C=O) groups excluding carboxylic acids is 2. The highest BCUT2D eigenvalue weighted by Crippen LogP contribution is 2.49. The Morgan fingerprint density at radius 2 is 1.83 bits per heavy atom. The molecule has 13 nitrogen and oxygen atoms in total. The number of rotatable bonds is 8. The summed E-state index contributed by atoms with van der Waals surface area (Å²) in [4.78, 5) is 42.6. The van der Waals surface area contributed by atoms with Gasteiger partial charge in [0, 0.05) is 36.1 Å². The zero-order valence-corrected chi connectivity index (χ0v) is 30.1. The Morgan fingerprint density at radius 1 is 1.06 bits per heavy atom. The number of fused-ring (bicyclic) bond motifs is 7. The molecule has 5 heterocycles. The Morgan fingerprint density at radius 3 is 2.56 bits per heavy atom. The first kappa shape index (κ1) is 35.6. The lowest BCUT2D eigenvalue weighted by Crippen LogP contribution is -2.66. The van der Waals surface area contributed by atoms with Crippen molar-refractivity contribution < 1.29 is 41.5 Å². The second-order valence-electron chi connectivity index (χ2n) is 13.6. The highest BCUT2D eigenvalue weighted by Gasteiger charge is 2.48. The van der Waals surface area contributed by atoms with E-state index >= 15 is 8.78 Å². The number of halogens is 2. The lowest BCUT2D eigenvalue weighted by atomic mass is 9.87. The molecule has 1 N–H and O–H groups in total. The van der Waals surface area contributed by atoms with Crippen LogP contribution in [0.15, 0.2) is 71.8 Å². The Bertz CT molecular complexity index is 2180. The number of para-hydroxylation sites is 1. The van der Waals surface area contributed by atoms with Crippen LogP contribution in [0.1, 0.15) is 55.4 Å². The zero-order valence-electron chi connectivity index (χ0n) is 29.2. The standard InChI is InChI=1S/C36H38F2N5O8P/c1-6-50-52(47,39-33(35(46)48-5)36(2,3)4)51-32-26(44)15-17-42-31(32)34(45)41-18-19-49-20-27(41)43(42)30-21-10-7-8-11-24(21)40-16-9-12-25(40)28-22(30)13-14-23(37)29(28)38/h7-17,27,30,33H,6,18-20H2,1-5H3,(H,39,47)/t27?,30?,33-,52?/m0/s1. The van der Waals surface area contributed by atoms with Crippen molar-refractivity contribution in [3.05, 3.63) is 106 Å². The molecule has 3 unspecified atom stereocenters. The molecular formula is C36H38F2N5O8P. The van der Waals surface area contributed by atoms with E-state index in [2.05, 4.69) is 5.09 Å². The van der Waals surface area contributed by atoms with Crippen molar-refractivity contribution in [3.63, 3.8) is 0 Å². The van der Waals surface area contributed by atoms with Gasteiger partial charge in [-0.25, -0.2) is 13.3 Å². The zero-order chi connectivity index (χ0) is 37.1. The molecule has 0 spiro atoms. The number of aromatic nitrogens is 2. The second kappa shape index (κ2) is 13.3. The number of ether oxygens (including phenoxy) is 2. The fourth-order valence-electron chi connectivity index (χ4n) is 7.10. The summed E-state index contributed by atoms with van der Waals surface area (Å²) in [5.41, 5.74) is 0.227. The molecule has 0 aliphatic carbocycles. The molecule has 0 saturated carbocycles. The number of hydrogen-bond donors (Lipinski definition) is 1. The summed E-state index contributed by atoms with van der Waals surface area (Å²) in [6.07, 6.45) is 2.34. The summed E-state index contributed by atoms with van der Waals surface area (Å²) < 4.78 is 71.2. The van der Waals surface area contributed by atoms with Gasteiger partial charge in [0.15, 0.2) is 17.3 Å². The van der Waals surface area contributed by atoms with Gasteiger partial charge in [-0.1, -0.05) is 45.0 Å². The van der Waals surface area contributed by atoms with Crippen molar-refractivity contribution in [1.82, 2.24) is 19.2 Å². The number of amides is 1. The predicted molar refractivity (Wildman–Crippen MR) is 186 cm³/mol. The molecule has 4 aromatic rings. The van der Waals surface area contributed by atoms with Gasteiger partial charge in [-0.15, -0.1) is 0 Å². The molecule has 3 aliphatic heterocycles. The maximum atomic E-state index is 16.1.